The molecule has 0 N–H and O–H groups in total. The lowest BCUT2D eigenvalue weighted by molar-refractivity contribution is -0.0756. The fraction of sp³-hybridized carbons (Fsp3) is 0.640. The lowest BCUT2D eigenvalue weighted by Crippen LogP contribution is -2.56. The summed E-state index contributed by atoms with van der Waals surface area (Å²) < 4.78 is 32.6. The minimum Gasteiger partial charge on any atom is -0.374 e. The molecule has 1 saturated carbocycles. The first kappa shape index (κ1) is 24.7. The normalized spacial score (nSPS) is 27.0. The SMILES string of the molecule is CCS(=O)(=O)C[C@H]1CN(C2CCC(c3cc(C)n(C)n3)CC2)[C@@H](Cc2ccc(Cl)cc2)CO1. The second-order valence-electron chi connectivity index (χ2n) is 9.68. The average molecular weight is 494 g/mol. The van der Waals surface area contributed by atoms with Gasteiger partial charge in [0.1, 0.15) is 0 Å². The lowest BCUT2D eigenvalue weighted by Gasteiger charge is -2.46. The molecular formula is C25H36ClN3O3S. The topological polar surface area (TPSA) is 64.4 Å². The Morgan fingerprint density at radius 3 is 2.45 bits per heavy atom. The van der Waals surface area contributed by atoms with E-state index in [-0.39, 0.29) is 23.7 Å². The first-order valence-corrected chi connectivity index (χ1v) is 14.3. The molecule has 4 rings (SSSR count). The van der Waals surface area contributed by atoms with E-state index < -0.39 is 9.84 Å². The zero-order valence-corrected chi connectivity index (χ0v) is 21.5. The predicted octanol–water partition coefficient (Wildman–Crippen LogP) is 4.15. The molecular weight excluding hydrogens is 458 g/mol. The number of ether oxygens (including phenoxy) is 1. The third-order valence-electron chi connectivity index (χ3n) is 7.39. The summed E-state index contributed by atoms with van der Waals surface area (Å²) in [6.07, 6.45) is 5.06. The van der Waals surface area contributed by atoms with Gasteiger partial charge in [0.25, 0.3) is 0 Å². The maximum absolute atomic E-state index is 12.3. The van der Waals surface area contributed by atoms with Gasteiger partial charge in [0, 0.05) is 48.1 Å². The Bertz CT molecular complexity index is 1010. The first-order valence-electron chi connectivity index (χ1n) is 12.1. The molecule has 0 bridgehead atoms. The van der Waals surface area contributed by atoms with Crippen LogP contribution in [-0.4, -0.2) is 65.9 Å². The van der Waals surface area contributed by atoms with Crippen molar-refractivity contribution < 1.29 is 13.2 Å². The minimum absolute atomic E-state index is 0.107. The Morgan fingerprint density at radius 2 is 1.85 bits per heavy atom. The highest BCUT2D eigenvalue weighted by molar-refractivity contribution is 7.91. The Hall–Kier alpha value is -1.41. The van der Waals surface area contributed by atoms with Gasteiger partial charge < -0.3 is 4.74 Å². The van der Waals surface area contributed by atoms with Crippen LogP contribution in [0.25, 0.3) is 0 Å². The first-order chi connectivity index (χ1) is 15.7. The Morgan fingerprint density at radius 1 is 1.15 bits per heavy atom. The summed E-state index contributed by atoms with van der Waals surface area (Å²) in [7, 11) is -1.07. The Kier molecular flexibility index (Phi) is 7.83. The van der Waals surface area contributed by atoms with Crippen LogP contribution in [0.3, 0.4) is 0 Å². The summed E-state index contributed by atoms with van der Waals surface area (Å²) in [6.45, 7) is 5.04. The molecule has 6 nitrogen and oxygen atoms in total. The van der Waals surface area contributed by atoms with E-state index in [0.29, 0.717) is 25.1 Å². The minimum atomic E-state index is -3.08. The third kappa shape index (κ3) is 6.18. The molecule has 1 aromatic heterocycles. The lowest BCUT2D eigenvalue weighted by atomic mass is 9.82. The average Bonchev–Trinajstić information content (AvgIpc) is 3.14. The fourth-order valence-corrected chi connectivity index (χ4v) is 6.42. The van der Waals surface area contributed by atoms with Gasteiger partial charge in [-0.05, 0) is 62.8 Å². The summed E-state index contributed by atoms with van der Waals surface area (Å²) in [4.78, 5) is 2.55. The van der Waals surface area contributed by atoms with Crippen LogP contribution in [0.1, 0.15) is 55.5 Å². The molecule has 8 heteroatoms. The van der Waals surface area contributed by atoms with E-state index in [4.69, 9.17) is 21.4 Å². The van der Waals surface area contributed by atoms with E-state index in [1.54, 1.807) is 6.92 Å². The fourth-order valence-electron chi connectivity index (χ4n) is 5.29. The van der Waals surface area contributed by atoms with Crippen LogP contribution >= 0.6 is 11.6 Å². The summed E-state index contributed by atoms with van der Waals surface area (Å²) >= 11 is 6.08. The Labute approximate surface area is 203 Å². The zero-order chi connectivity index (χ0) is 23.6. The molecule has 1 aromatic carbocycles. The van der Waals surface area contributed by atoms with Crippen LogP contribution in [0.4, 0.5) is 0 Å². The number of aryl methyl sites for hydroxylation is 2. The standard InChI is InChI=1S/C25H36ClN3O3S/c1-4-33(30,31)17-24-15-29(23(16-32-24)14-19-5-9-21(26)10-6-19)22-11-7-20(8-12-22)25-13-18(2)28(3)27-25/h5-6,9-10,13,20,22-24H,4,7-8,11-12,14-17H2,1-3H3/t20?,22?,23-,24+/m0/s1. The van der Waals surface area contributed by atoms with Gasteiger partial charge in [0.2, 0.25) is 0 Å². The molecule has 0 radical (unpaired) electrons. The number of halogens is 1. The van der Waals surface area contributed by atoms with Gasteiger partial charge in [-0.3, -0.25) is 9.58 Å². The van der Waals surface area contributed by atoms with Gasteiger partial charge in [-0.25, -0.2) is 8.42 Å². The number of hydrogen-bond acceptors (Lipinski definition) is 5. The van der Waals surface area contributed by atoms with Crippen LogP contribution in [0.2, 0.25) is 5.02 Å². The van der Waals surface area contributed by atoms with Crippen molar-refractivity contribution in [1.29, 1.82) is 0 Å². The van der Waals surface area contributed by atoms with Crippen molar-refractivity contribution in [2.75, 3.05) is 24.7 Å². The quantitative estimate of drug-likeness (QED) is 0.579. The largest absolute Gasteiger partial charge is 0.374 e. The van der Waals surface area contributed by atoms with Crippen molar-refractivity contribution in [1.82, 2.24) is 14.7 Å². The highest BCUT2D eigenvalue weighted by Crippen LogP contribution is 2.36. The van der Waals surface area contributed by atoms with E-state index in [9.17, 15) is 8.42 Å². The van der Waals surface area contributed by atoms with Gasteiger partial charge in [-0.15, -0.1) is 0 Å². The molecule has 1 aliphatic heterocycles. The second kappa shape index (κ2) is 10.5. The highest BCUT2D eigenvalue weighted by atomic mass is 35.5. The van der Waals surface area contributed by atoms with Crippen molar-refractivity contribution in [3.8, 4) is 0 Å². The van der Waals surface area contributed by atoms with Crippen LogP contribution in [0.15, 0.2) is 30.3 Å². The van der Waals surface area contributed by atoms with E-state index in [0.717, 1.165) is 37.1 Å². The van der Waals surface area contributed by atoms with Gasteiger partial charge in [-0.2, -0.15) is 5.10 Å². The van der Waals surface area contributed by atoms with Gasteiger partial charge in [0.05, 0.1) is 24.2 Å². The maximum Gasteiger partial charge on any atom is 0.152 e. The van der Waals surface area contributed by atoms with Gasteiger partial charge in [-0.1, -0.05) is 30.7 Å². The number of nitrogens with zero attached hydrogens (tertiary/aromatic N) is 3. The molecule has 2 fully saturated rings. The molecule has 0 spiro atoms. The number of aromatic nitrogens is 2. The van der Waals surface area contributed by atoms with E-state index in [1.807, 2.05) is 23.9 Å². The smallest absolute Gasteiger partial charge is 0.152 e. The van der Waals surface area contributed by atoms with Crippen molar-refractivity contribution >= 4 is 21.4 Å². The van der Waals surface area contributed by atoms with Crippen molar-refractivity contribution in [2.24, 2.45) is 7.05 Å². The van der Waals surface area contributed by atoms with E-state index >= 15 is 0 Å². The van der Waals surface area contributed by atoms with Gasteiger partial charge >= 0.3 is 0 Å². The highest BCUT2D eigenvalue weighted by Gasteiger charge is 2.37. The number of morpholine rings is 1. The molecule has 2 atom stereocenters. The van der Waals surface area contributed by atoms with E-state index in [1.165, 1.54) is 17.0 Å². The van der Waals surface area contributed by atoms with Gasteiger partial charge in [0.15, 0.2) is 9.84 Å². The van der Waals surface area contributed by atoms with E-state index in [2.05, 4.69) is 30.0 Å². The predicted molar refractivity (Wildman–Crippen MR) is 133 cm³/mol. The third-order valence-corrected chi connectivity index (χ3v) is 9.40. The summed E-state index contributed by atoms with van der Waals surface area (Å²) in [5.41, 5.74) is 3.64. The number of sulfone groups is 1. The van der Waals surface area contributed by atoms with Crippen molar-refractivity contribution in [3.05, 3.63) is 52.3 Å². The molecule has 1 saturated heterocycles. The molecule has 182 valence electrons. The van der Waals surface area contributed by atoms with Crippen LogP contribution in [-0.2, 0) is 28.0 Å². The molecule has 1 aliphatic carbocycles. The van der Waals surface area contributed by atoms with Crippen molar-refractivity contribution in [3.63, 3.8) is 0 Å². The van der Waals surface area contributed by atoms with Crippen molar-refractivity contribution in [2.45, 2.75) is 70.1 Å². The summed E-state index contributed by atoms with van der Waals surface area (Å²) in [5.74, 6) is 0.777. The summed E-state index contributed by atoms with van der Waals surface area (Å²) in [6, 6.07) is 10.9. The molecule has 2 aliphatic rings. The van der Waals surface area contributed by atoms with Crippen LogP contribution in [0.5, 0.6) is 0 Å². The molecule has 0 amide bonds. The molecule has 0 unspecified atom stereocenters. The molecule has 33 heavy (non-hydrogen) atoms. The second-order valence-corrected chi connectivity index (χ2v) is 12.5. The zero-order valence-electron chi connectivity index (χ0n) is 19.9. The summed E-state index contributed by atoms with van der Waals surface area (Å²) in [5, 5.41) is 5.46. The number of rotatable bonds is 7. The monoisotopic (exact) mass is 493 g/mol. The van der Waals surface area contributed by atoms with Crippen LogP contribution in [0, 0.1) is 6.92 Å². The number of benzene rings is 1. The molecule has 2 aromatic rings. The Balaban J connectivity index is 1.46. The maximum atomic E-state index is 12.3. The van der Waals surface area contributed by atoms with Crippen LogP contribution < -0.4 is 0 Å². The number of hydrogen-bond donors (Lipinski definition) is 0. The molecule has 2 heterocycles.